The number of imidazole rings is 1. The van der Waals surface area contributed by atoms with Crippen molar-refractivity contribution in [2.45, 2.75) is 26.9 Å². The van der Waals surface area contributed by atoms with E-state index in [1.54, 1.807) is 0 Å². The Kier molecular flexibility index (Phi) is 3.84. The summed E-state index contributed by atoms with van der Waals surface area (Å²) in [6, 6.07) is 6.18. The second-order valence-electron chi connectivity index (χ2n) is 3.94. The molecule has 0 saturated heterocycles. The molecule has 1 N–H and O–H groups in total. The van der Waals surface area contributed by atoms with Gasteiger partial charge in [0.2, 0.25) is 0 Å². The number of anilines is 1. The molecule has 1 aromatic carbocycles. The van der Waals surface area contributed by atoms with Crippen molar-refractivity contribution in [3.63, 3.8) is 0 Å². The third-order valence-electron chi connectivity index (χ3n) is 2.87. The minimum atomic E-state index is 0.797. The summed E-state index contributed by atoms with van der Waals surface area (Å²) in [5.41, 5.74) is 3.59. The van der Waals surface area contributed by atoms with Crippen LogP contribution in [-0.2, 0) is 13.1 Å². The van der Waals surface area contributed by atoms with Crippen LogP contribution in [0.3, 0.4) is 0 Å². The lowest BCUT2D eigenvalue weighted by Gasteiger charge is -2.11. The summed E-state index contributed by atoms with van der Waals surface area (Å²) in [7, 11) is 0. The minimum absolute atomic E-state index is 0.797. The van der Waals surface area contributed by atoms with E-state index in [9.17, 15) is 0 Å². The molecule has 0 aliphatic heterocycles. The maximum absolute atomic E-state index is 4.16. The molecule has 0 atom stereocenters. The third kappa shape index (κ3) is 2.69. The molecule has 4 heteroatoms. The molecule has 2 rings (SSSR count). The Bertz CT molecular complexity index is 505. The predicted molar refractivity (Wildman–Crippen MR) is 74.1 cm³/mol. The monoisotopic (exact) mass is 293 g/mol. The highest BCUT2D eigenvalue weighted by molar-refractivity contribution is 9.10. The molecule has 0 bridgehead atoms. The summed E-state index contributed by atoms with van der Waals surface area (Å²) in [5, 5.41) is 3.44. The number of hydrogen-bond donors (Lipinski definition) is 1. The van der Waals surface area contributed by atoms with Gasteiger partial charge in [-0.3, -0.25) is 0 Å². The average molecular weight is 294 g/mol. The van der Waals surface area contributed by atoms with Gasteiger partial charge in [0.15, 0.2) is 0 Å². The molecule has 0 unspecified atom stereocenters. The summed E-state index contributed by atoms with van der Waals surface area (Å²) in [5.74, 6) is 0. The summed E-state index contributed by atoms with van der Waals surface area (Å²) in [4.78, 5) is 4.16. The van der Waals surface area contributed by atoms with Crippen LogP contribution in [-0.4, -0.2) is 9.55 Å². The number of aryl methyl sites for hydroxylation is 1. The van der Waals surface area contributed by atoms with E-state index in [1.165, 1.54) is 11.3 Å². The molecule has 3 nitrogen and oxygen atoms in total. The molecule has 1 aromatic heterocycles. The molecular weight excluding hydrogens is 278 g/mol. The molecule has 0 aliphatic carbocycles. The summed E-state index contributed by atoms with van der Waals surface area (Å²) >= 11 is 3.54. The van der Waals surface area contributed by atoms with Gasteiger partial charge in [0.25, 0.3) is 0 Å². The molecule has 0 spiro atoms. The summed E-state index contributed by atoms with van der Waals surface area (Å²) < 4.78 is 3.27. The molecule has 0 fully saturated rings. The maximum atomic E-state index is 4.16. The van der Waals surface area contributed by atoms with Crippen molar-refractivity contribution in [1.82, 2.24) is 9.55 Å². The first kappa shape index (κ1) is 12.2. The Balaban J connectivity index is 2.10. The number of nitrogens with zero attached hydrogens (tertiary/aromatic N) is 2. The highest BCUT2D eigenvalue weighted by atomic mass is 79.9. The van der Waals surface area contributed by atoms with Crippen LogP contribution in [0.15, 0.2) is 35.2 Å². The Morgan fingerprint density at radius 2 is 2.24 bits per heavy atom. The van der Waals surface area contributed by atoms with Crippen LogP contribution in [0.1, 0.15) is 18.2 Å². The SMILES string of the molecule is CCn1cncc1CNc1cccc(Br)c1C. The van der Waals surface area contributed by atoms with Crippen molar-refractivity contribution < 1.29 is 0 Å². The van der Waals surface area contributed by atoms with Crippen molar-refractivity contribution in [3.8, 4) is 0 Å². The van der Waals surface area contributed by atoms with Gasteiger partial charge in [0.05, 0.1) is 18.6 Å². The molecule has 90 valence electrons. The van der Waals surface area contributed by atoms with Crippen LogP contribution < -0.4 is 5.32 Å². The van der Waals surface area contributed by atoms with Gasteiger partial charge in [-0.1, -0.05) is 22.0 Å². The van der Waals surface area contributed by atoms with Crippen molar-refractivity contribution in [3.05, 3.63) is 46.5 Å². The zero-order valence-corrected chi connectivity index (χ0v) is 11.7. The topological polar surface area (TPSA) is 29.9 Å². The van der Waals surface area contributed by atoms with Crippen molar-refractivity contribution in [2.24, 2.45) is 0 Å². The molecule has 2 aromatic rings. The summed E-state index contributed by atoms with van der Waals surface area (Å²) in [6.45, 7) is 5.97. The van der Waals surface area contributed by atoms with Crippen molar-refractivity contribution in [2.75, 3.05) is 5.32 Å². The van der Waals surface area contributed by atoms with E-state index in [0.717, 1.165) is 23.2 Å². The zero-order valence-electron chi connectivity index (χ0n) is 10.1. The molecule has 1 heterocycles. The van der Waals surface area contributed by atoms with Gasteiger partial charge in [0.1, 0.15) is 0 Å². The Hall–Kier alpha value is -1.29. The van der Waals surface area contributed by atoms with Gasteiger partial charge in [0, 0.05) is 22.9 Å². The van der Waals surface area contributed by atoms with Gasteiger partial charge >= 0.3 is 0 Å². The lowest BCUT2D eigenvalue weighted by atomic mass is 10.2. The number of aromatic nitrogens is 2. The number of hydrogen-bond acceptors (Lipinski definition) is 2. The van der Waals surface area contributed by atoms with Crippen LogP contribution in [0.5, 0.6) is 0 Å². The van der Waals surface area contributed by atoms with E-state index in [2.05, 4.69) is 56.8 Å². The van der Waals surface area contributed by atoms with Gasteiger partial charge in [-0.2, -0.15) is 0 Å². The van der Waals surface area contributed by atoms with E-state index in [1.807, 2.05) is 18.6 Å². The second-order valence-corrected chi connectivity index (χ2v) is 4.79. The predicted octanol–water partition coefficient (Wildman–Crippen LogP) is 3.59. The van der Waals surface area contributed by atoms with E-state index in [-0.39, 0.29) is 0 Å². The van der Waals surface area contributed by atoms with E-state index in [0.29, 0.717) is 0 Å². The highest BCUT2D eigenvalue weighted by Crippen LogP contribution is 2.23. The lowest BCUT2D eigenvalue weighted by molar-refractivity contribution is 0.719. The van der Waals surface area contributed by atoms with E-state index in [4.69, 9.17) is 0 Å². The van der Waals surface area contributed by atoms with E-state index < -0.39 is 0 Å². The quantitative estimate of drug-likeness (QED) is 0.934. The molecule has 0 saturated carbocycles. The second kappa shape index (κ2) is 5.36. The summed E-state index contributed by atoms with van der Waals surface area (Å²) in [6.07, 6.45) is 3.77. The Morgan fingerprint density at radius 1 is 1.41 bits per heavy atom. The molecule has 17 heavy (non-hydrogen) atoms. The molecule has 0 aliphatic rings. The fourth-order valence-corrected chi connectivity index (χ4v) is 2.13. The Labute approximate surface area is 110 Å². The first-order valence-corrected chi connectivity index (χ1v) is 6.49. The van der Waals surface area contributed by atoms with Gasteiger partial charge < -0.3 is 9.88 Å². The van der Waals surface area contributed by atoms with Crippen LogP contribution in [0.25, 0.3) is 0 Å². The molecule has 0 radical (unpaired) electrons. The maximum Gasteiger partial charge on any atom is 0.0948 e. The molecular formula is C13H16BrN3. The molecule has 0 amide bonds. The largest absolute Gasteiger partial charge is 0.379 e. The van der Waals surface area contributed by atoms with Crippen molar-refractivity contribution in [1.29, 1.82) is 0 Å². The van der Waals surface area contributed by atoms with Crippen LogP contribution >= 0.6 is 15.9 Å². The van der Waals surface area contributed by atoms with Gasteiger partial charge in [-0.15, -0.1) is 0 Å². The van der Waals surface area contributed by atoms with Crippen LogP contribution in [0, 0.1) is 6.92 Å². The van der Waals surface area contributed by atoms with Crippen LogP contribution in [0.4, 0.5) is 5.69 Å². The fraction of sp³-hybridized carbons (Fsp3) is 0.308. The van der Waals surface area contributed by atoms with E-state index >= 15 is 0 Å². The van der Waals surface area contributed by atoms with Gasteiger partial charge in [-0.25, -0.2) is 4.98 Å². The fourth-order valence-electron chi connectivity index (χ4n) is 1.76. The minimum Gasteiger partial charge on any atom is -0.379 e. The highest BCUT2D eigenvalue weighted by Gasteiger charge is 2.03. The average Bonchev–Trinajstić information content (AvgIpc) is 2.78. The van der Waals surface area contributed by atoms with Gasteiger partial charge in [-0.05, 0) is 31.5 Å². The normalized spacial score (nSPS) is 10.5. The number of halogens is 1. The number of rotatable bonds is 4. The number of benzene rings is 1. The lowest BCUT2D eigenvalue weighted by Crippen LogP contribution is -2.06. The smallest absolute Gasteiger partial charge is 0.0948 e. The first-order valence-electron chi connectivity index (χ1n) is 5.70. The standard InChI is InChI=1S/C13H16BrN3/c1-3-17-9-15-7-11(17)8-16-13-6-4-5-12(14)10(13)2/h4-7,9,16H,3,8H2,1-2H3. The van der Waals surface area contributed by atoms with Crippen LogP contribution in [0.2, 0.25) is 0 Å². The zero-order chi connectivity index (χ0) is 12.3. The Morgan fingerprint density at radius 3 is 3.00 bits per heavy atom. The number of nitrogens with one attached hydrogen (secondary N) is 1. The van der Waals surface area contributed by atoms with Crippen molar-refractivity contribution >= 4 is 21.6 Å². The third-order valence-corrected chi connectivity index (χ3v) is 3.73. The first-order chi connectivity index (χ1) is 8.22.